The molecule has 0 aliphatic rings. The maximum Gasteiger partial charge on any atom is 0.308 e. The first-order chi connectivity index (χ1) is 6.72. The SMILES string of the molecule is CC(C)(C)OC(=O)CCNC(=O)C(=O)[O-]. The van der Waals surface area contributed by atoms with E-state index in [2.05, 4.69) is 0 Å². The van der Waals surface area contributed by atoms with Gasteiger partial charge in [0, 0.05) is 6.54 Å². The Hall–Kier alpha value is -1.59. The first-order valence-corrected chi connectivity index (χ1v) is 4.43. The zero-order chi connectivity index (χ0) is 12.1. The maximum atomic E-state index is 11.1. The predicted octanol–water partition coefficient (Wildman–Crippen LogP) is -1.42. The summed E-state index contributed by atoms with van der Waals surface area (Å²) in [5.74, 6) is -3.56. The van der Waals surface area contributed by atoms with Gasteiger partial charge in [-0.1, -0.05) is 0 Å². The molecular formula is C9H14NO5-. The van der Waals surface area contributed by atoms with E-state index in [0.717, 1.165) is 0 Å². The van der Waals surface area contributed by atoms with Crippen molar-refractivity contribution in [3.8, 4) is 0 Å². The van der Waals surface area contributed by atoms with E-state index in [0.29, 0.717) is 0 Å². The lowest BCUT2D eigenvalue weighted by Gasteiger charge is -2.19. The number of carbonyl (C=O) groups is 3. The van der Waals surface area contributed by atoms with Gasteiger partial charge in [-0.3, -0.25) is 9.59 Å². The molecule has 0 heterocycles. The Labute approximate surface area is 87.6 Å². The van der Waals surface area contributed by atoms with Crippen LogP contribution in [0.1, 0.15) is 27.2 Å². The van der Waals surface area contributed by atoms with E-state index in [4.69, 9.17) is 4.74 Å². The van der Waals surface area contributed by atoms with Gasteiger partial charge in [-0.2, -0.15) is 0 Å². The molecule has 6 nitrogen and oxygen atoms in total. The summed E-state index contributed by atoms with van der Waals surface area (Å²) >= 11 is 0. The van der Waals surface area contributed by atoms with Crippen molar-refractivity contribution in [2.75, 3.05) is 6.54 Å². The summed E-state index contributed by atoms with van der Waals surface area (Å²) in [7, 11) is 0. The van der Waals surface area contributed by atoms with Crippen LogP contribution in [0.5, 0.6) is 0 Å². The highest BCUT2D eigenvalue weighted by atomic mass is 16.6. The van der Waals surface area contributed by atoms with Crippen LogP contribution in [0.3, 0.4) is 0 Å². The lowest BCUT2D eigenvalue weighted by molar-refractivity contribution is -0.300. The zero-order valence-electron chi connectivity index (χ0n) is 8.96. The standard InChI is InChI=1S/C9H15NO5/c1-9(2,3)15-6(11)4-5-10-7(12)8(13)14/h4-5H2,1-3H3,(H,10,12)(H,13,14)/p-1. The van der Waals surface area contributed by atoms with Crippen LogP contribution in [0, 0.1) is 0 Å². The molecule has 0 saturated carbocycles. The molecule has 0 unspecified atom stereocenters. The van der Waals surface area contributed by atoms with E-state index in [-0.39, 0.29) is 13.0 Å². The number of carboxylic acids is 1. The van der Waals surface area contributed by atoms with Crippen molar-refractivity contribution < 1.29 is 24.2 Å². The molecular weight excluding hydrogens is 202 g/mol. The summed E-state index contributed by atoms with van der Waals surface area (Å²) in [4.78, 5) is 31.5. The van der Waals surface area contributed by atoms with Crippen LogP contribution in [0.2, 0.25) is 0 Å². The van der Waals surface area contributed by atoms with E-state index >= 15 is 0 Å². The Kier molecular flexibility index (Phi) is 4.77. The quantitative estimate of drug-likeness (QED) is 0.461. The van der Waals surface area contributed by atoms with Crippen molar-refractivity contribution in [2.24, 2.45) is 0 Å². The Bertz CT molecular complexity index is 266. The molecule has 0 radical (unpaired) electrons. The Morgan fingerprint density at radius 2 is 1.80 bits per heavy atom. The smallest absolute Gasteiger partial charge is 0.308 e. The topological polar surface area (TPSA) is 95.5 Å². The number of ether oxygens (including phenoxy) is 1. The molecule has 0 saturated heterocycles. The van der Waals surface area contributed by atoms with Crippen LogP contribution in [0.15, 0.2) is 0 Å². The Balaban J connectivity index is 3.74. The van der Waals surface area contributed by atoms with Gasteiger partial charge in [0.05, 0.1) is 6.42 Å². The van der Waals surface area contributed by atoms with E-state index < -0.39 is 23.4 Å². The number of carboxylic acid groups (broad SMARTS) is 1. The van der Waals surface area contributed by atoms with E-state index in [1.807, 2.05) is 5.32 Å². The highest BCUT2D eigenvalue weighted by molar-refractivity contribution is 6.30. The molecule has 0 atom stereocenters. The number of esters is 1. The number of amides is 1. The van der Waals surface area contributed by atoms with E-state index in [1.54, 1.807) is 20.8 Å². The first-order valence-electron chi connectivity index (χ1n) is 4.43. The van der Waals surface area contributed by atoms with Gasteiger partial charge in [0.1, 0.15) is 11.6 Å². The molecule has 1 amide bonds. The summed E-state index contributed by atoms with van der Waals surface area (Å²) in [5, 5.41) is 12.0. The van der Waals surface area contributed by atoms with Crippen molar-refractivity contribution in [2.45, 2.75) is 32.8 Å². The normalized spacial score (nSPS) is 10.6. The van der Waals surface area contributed by atoms with Crippen LogP contribution in [-0.4, -0.2) is 30.0 Å². The summed E-state index contributed by atoms with van der Waals surface area (Å²) in [5.41, 5.74) is -0.588. The van der Waals surface area contributed by atoms with E-state index in [1.165, 1.54) is 0 Å². The maximum absolute atomic E-state index is 11.1. The van der Waals surface area contributed by atoms with E-state index in [9.17, 15) is 19.5 Å². The lowest BCUT2D eigenvalue weighted by Crippen LogP contribution is -2.41. The highest BCUT2D eigenvalue weighted by Gasteiger charge is 2.15. The molecule has 15 heavy (non-hydrogen) atoms. The Morgan fingerprint density at radius 3 is 2.20 bits per heavy atom. The summed E-state index contributed by atoms with van der Waals surface area (Å²) < 4.78 is 4.93. The first kappa shape index (κ1) is 13.4. The largest absolute Gasteiger partial charge is 0.540 e. The fraction of sp³-hybridized carbons (Fsp3) is 0.667. The minimum Gasteiger partial charge on any atom is -0.540 e. The molecule has 0 rings (SSSR count). The van der Waals surface area contributed by atoms with Gasteiger partial charge in [0.2, 0.25) is 0 Å². The zero-order valence-corrected chi connectivity index (χ0v) is 8.96. The van der Waals surface area contributed by atoms with Crippen LogP contribution >= 0.6 is 0 Å². The third-order valence-electron chi connectivity index (χ3n) is 1.22. The highest BCUT2D eigenvalue weighted by Crippen LogP contribution is 2.07. The van der Waals surface area contributed by atoms with Gasteiger partial charge in [0.15, 0.2) is 0 Å². The molecule has 0 aromatic rings. The monoisotopic (exact) mass is 216 g/mol. The third-order valence-corrected chi connectivity index (χ3v) is 1.22. The van der Waals surface area contributed by atoms with Gasteiger partial charge >= 0.3 is 5.97 Å². The second-order valence-corrected chi connectivity index (χ2v) is 3.88. The fourth-order valence-corrected chi connectivity index (χ4v) is 0.743. The molecule has 0 aromatic carbocycles. The molecule has 0 spiro atoms. The number of carbonyl (C=O) groups excluding carboxylic acids is 3. The van der Waals surface area contributed by atoms with Gasteiger partial charge in [-0.15, -0.1) is 0 Å². The number of nitrogens with one attached hydrogen (secondary N) is 1. The Morgan fingerprint density at radius 1 is 1.27 bits per heavy atom. The van der Waals surface area contributed by atoms with Gasteiger partial charge in [-0.25, -0.2) is 0 Å². The van der Waals surface area contributed by atoms with Crippen molar-refractivity contribution in [3.63, 3.8) is 0 Å². The molecule has 0 aliphatic heterocycles. The minimum absolute atomic E-state index is 0.0731. The number of rotatable bonds is 3. The molecule has 0 fully saturated rings. The summed E-state index contributed by atoms with van der Waals surface area (Å²) in [6.07, 6.45) is -0.0731. The average molecular weight is 216 g/mol. The molecule has 6 heteroatoms. The molecule has 1 N–H and O–H groups in total. The number of hydrogen-bond acceptors (Lipinski definition) is 5. The lowest BCUT2D eigenvalue weighted by atomic mass is 10.2. The summed E-state index contributed by atoms with van der Waals surface area (Å²) in [6.45, 7) is 5.06. The van der Waals surface area contributed by atoms with Crippen molar-refractivity contribution >= 4 is 17.8 Å². The van der Waals surface area contributed by atoms with Gasteiger partial charge in [-0.05, 0) is 20.8 Å². The third kappa shape index (κ3) is 7.48. The molecule has 0 bridgehead atoms. The van der Waals surface area contributed by atoms with Crippen LogP contribution < -0.4 is 10.4 Å². The average Bonchev–Trinajstić information content (AvgIpc) is 2.00. The van der Waals surface area contributed by atoms with Crippen molar-refractivity contribution in [1.29, 1.82) is 0 Å². The molecule has 0 aromatic heterocycles. The minimum atomic E-state index is -1.82. The second-order valence-electron chi connectivity index (χ2n) is 3.88. The molecule has 0 aliphatic carbocycles. The van der Waals surface area contributed by atoms with Crippen molar-refractivity contribution in [1.82, 2.24) is 5.32 Å². The second kappa shape index (κ2) is 5.33. The van der Waals surface area contributed by atoms with Crippen LogP contribution in [0.4, 0.5) is 0 Å². The van der Waals surface area contributed by atoms with Crippen molar-refractivity contribution in [3.05, 3.63) is 0 Å². The van der Waals surface area contributed by atoms with Crippen LogP contribution in [0.25, 0.3) is 0 Å². The predicted molar refractivity (Wildman–Crippen MR) is 48.5 cm³/mol. The number of hydrogen-bond donors (Lipinski definition) is 1. The fourth-order valence-electron chi connectivity index (χ4n) is 0.743. The number of aliphatic carboxylic acids is 1. The van der Waals surface area contributed by atoms with Crippen LogP contribution in [-0.2, 0) is 19.1 Å². The van der Waals surface area contributed by atoms with Gasteiger partial charge < -0.3 is 20.0 Å². The summed E-state index contributed by atoms with van der Waals surface area (Å²) in [6, 6.07) is 0. The van der Waals surface area contributed by atoms with Gasteiger partial charge in [0.25, 0.3) is 5.91 Å². The molecule has 86 valence electrons.